The number of carbonyl (C=O) groups excluding carboxylic acids is 1. The van der Waals surface area contributed by atoms with E-state index >= 15 is 0 Å². The molecule has 62 valence electrons. The number of aliphatic hydroxyl groups is 1. The second-order valence-corrected chi connectivity index (χ2v) is 3.30. The van der Waals surface area contributed by atoms with E-state index in [2.05, 4.69) is 6.58 Å². The molecule has 0 saturated heterocycles. The van der Waals surface area contributed by atoms with Crippen LogP contribution in [0.1, 0.15) is 26.2 Å². The highest BCUT2D eigenvalue weighted by atomic mass is 16.3. The first-order chi connectivity index (χ1) is 5.11. The van der Waals surface area contributed by atoms with Crippen molar-refractivity contribution in [3.05, 3.63) is 12.2 Å². The second kappa shape index (κ2) is 3.18. The zero-order valence-corrected chi connectivity index (χ0v) is 6.84. The van der Waals surface area contributed by atoms with Gasteiger partial charge in [-0.1, -0.05) is 12.2 Å². The van der Waals surface area contributed by atoms with Gasteiger partial charge in [0.1, 0.15) is 6.10 Å². The van der Waals surface area contributed by atoms with E-state index in [0.29, 0.717) is 18.8 Å². The van der Waals surface area contributed by atoms with Crippen LogP contribution in [0, 0.1) is 5.92 Å². The van der Waals surface area contributed by atoms with E-state index in [1.165, 1.54) is 0 Å². The van der Waals surface area contributed by atoms with Crippen molar-refractivity contribution in [2.75, 3.05) is 0 Å². The molecule has 2 nitrogen and oxygen atoms in total. The molecule has 1 N–H and O–H groups in total. The molecule has 1 aliphatic carbocycles. The fourth-order valence-electron chi connectivity index (χ4n) is 1.45. The maximum Gasteiger partial charge on any atom is 0.161 e. The topological polar surface area (TPSA) is 37.3 Å². The largest absolute Gasteiger partial charge is 0.385 e. The highest BCUT2D eigenvalue weighted by Gasteiger charge is 2.26. The van der Waals surface area contributed by atoms with E-state index < -0.39 is 6.10 Å². The van der Waals surface area contributed by atoms with Crippen LogP contribution in [0.3, 0.4) is 0 Å². The van der Waals surface area contributed by atoms with Crippen molar-refractivity contribution in [2.45, 2.75) is 32.3 Å². The molecular formula is C9H14O2. The first kappa shape index (κ1) is 8.47. The van der Waals surface area contributed by atoms with E-state index in [-0.39, 0.29) is 5.78 Å². The Labute approximate surface area is 66.9 Å². The van der Waals surface area contributed by atoms with Gasteiger partial charge in [-0.2, -0.15) is 0 Å². The van der Waals surface area contributed by atoms with Gasteiger partial charge in [0.05, 0.1) is 0 Å². The van der Waals surface area contributed by atoms with Crippen molar-refractivity contribution in [3.8, 4) is 0 Å². The van der Waals surface area contributed by atoms with Crippen LogP contribution in [-0.4, -0.2) is 17.0 Å². The molecule has 0 amide bonds. The van der Waals surface area contributed by atoms with Crippen LogP contribution in [0.2, 0.25) is 0 Å². The molecule has 1 rings (SSSR count). The van der Waals surface area contributed by atoms with Crippen molar-refractivity contribution in [1.29, 1.82) is 0 Å². The summed E-state index contributed by atoms with van der Waals surface area (Å²) >= 11 is 0. The van der Waals surface area contributed by atoms with Gasteiger partial charge in [-0.3, -0.25) is 4.79 Å². The molecule has 0 spiro atoms. The summed E-state index contributed by atoms with van der Waals surface area (Å²) in [5.41, 5.74) is 1.08. The third-order valence-corrected chi connectivity index (χ3v) is 2.32. The Balaban J connectivity index is 2.52. The predicted molar refractivity (Wildman–Crippen MR) is 43.2 cm³/mol. The van der Waals surface area contributed by atoms with Gasteiger partial charge in [0.25, 0.3) is 0 Å². The lowest BCUT2D eigenvalue weighted by molar-refractivity contribution is -0.130. The van der Waals surface area contributed by atoms with Gasteiger partial charge in [0.2, 0.25) is 0 Å². The molecule has 2 atom stereocenters. The third kappa shape index (κ3) is 1.90. The highest BCUT2D eigenvalue weighted by molar-refractivity contribution is 5.83. The number of Topliss-reactive ketones (excluding diaryl/α,β-unsaturated/α-hetero) is 1. The Morgan fingerprint density at radius 2 is 2.36 bits per heavy atom. The normalized spacial score (nSPS) is 32.0. The molecule has 0 aromatic heterocycles. The van der Waals surface area contributed by atoms with Gasteiger partial charge >= 0.3 is 0 Å². The summed E-state index contributed by atoms with van der Waals surface area (Å²) in [6, 6.07) is 0. The predicted octanol–water partition coefficient (Wildman–Crippen LogP) is 1.29. The number of hydrogen-bond acceptors (Lipinski definition) is 2. The van der Waals surface area contributed by atoms with Crippen LogP contribution in [-0.2, 0) is 4.79 Å². The van der Waals surface area contributed by atoms with Gasteiger partial charge in [0, 0.05) is 6.42 Å². The van der Waals surface area contributed by atoms with Crippen molar-refractivity contribution < 1.29 is 9.90 Å². The number of rotatable bonds is 1. The second-order valence-electron chi connectivity index (χ2n) is 3.30. The molecule has 0 bridgehead atoms. The molecule has 0 radical (unpaired) electrons. The summed E-state index contributed by atoms with van der Waals surface area (Å²) in [6.45, 7) is 5.77. The lowest BCUT2D eigenvalue weighted by Crippen LogP contribution is -2.29. The monoisotopic (exact) mass is 154 g/mol. The minimum Gasteiger partial charge on any atom is -0.385 e. The molecule has 1 fully saturated rings. The van der Waals surface area contributed by atoms with Gasteiger partial charge < -0.3 is 5.11 Å². The Morgan fingerprint density at radius 3 is 2.82 bits per heavy atom. The molecule has 2 heteroatoms. The Hall–Kier alpha value is -0.630. The third-order valence-electron chi connectivity index (χ3n) is 2.32. The first-order valence-corrected chi connectivity index (χ1v) is 3.97. The quantitative estimate of drug-likeness (QED) is 0.578. The van der Waals surface area contributed by atoms with Gasteiger partial charge in [0.15, 0.2) is 5.78 Å². The minimum atomic E-state index is -0.731. The van der Waals surface area contributed by atoms with Crippen molar-refractivity contribution >= 4 is 5.78 Å². The summed E-state index contributed by atoms with van der Waals surface area (Å²) < 4.78 is 0. The molecular weight excluding hydrogens is 140 g/mol. The summed E-state index contributed by atoms with van der Waals surface area (Å²) in [5.74, 6) is 0.338. The fraction of sp³-hybridized carbons (Fsp3) is 0.667. The summed E-state index contributed by atoms with van der Waals surface area (Å²) in [6.07, 6.45) is 1.23. The minimum absolute atomic E-state index is 0.0116. The van der Waals surface area contributed by atoms with Crippen LogP contribution in [0.25, 0.3) is 0 Å². The van der Waals surface area contributed by atoms with Crippen LogP contribution in [0.15, 0.2) is 12.2 Å². The van der Waals surface area contributed by atoms with Crippen molar-refractivity contribution in [3.63, 3.8) is 0 Å². The van der Waals surface area contributed by atoms with Crippen LogP contribution >= 0.6 is 0 Å². The maximum absolute atomic E-state index is 10.9. The van der Waals surface area contributed by atoms with Crippen molar-refractivity contribution in [1.82, 2.24) is 0 Å². The highest BCUT2D eigenvalue weighted by Crippen LogP contribution is 2.26. The lowest BCUT2D eigenvalue weighted by atomic mass is 9.83. The molecule has 0 aromatic rings. The van der Waals surface area contributed by atoms with Gasteiger partial charge in [-0.05, 0) is 25.7 Å². The van der Waals surface area contributed by atoms with Crippen molar-refractivity contribution in [2.24, 2.45) is 5.92 Å². The zero-order valence-electron chi connectivity index (χ0n) is 6.84. The number of allylic oxidation sites excluding steroid dienone is 1. The van der Waals surface area contributed by atoms with E-state index in [0.717, 1.165) is 12.0 Å². The molecule has 1 aliphatic rings. The molecule has 1 saturated carbocycles. The number of aliphatic hydroxyl groups excluding tert-OH is 1. The van der Waals surface area contributed by atoms with Gasteiger partial charge in [-0.15, -0.1) is 0 Å². The van der Waals surface area contributed by atoms with E-state index in [1.54, 1.807) is 0 Å². The number of hydrogen-bond donors (Lipinski definition) is 1. The molecule has 0 aromatic carbocycles. The summed E-state index contributed by atoms with van der Waals surface area (Å²) in [5, 5.41) is 9.21. The number of carbonyl (C=O) groups is 1. The first-order valence-electron chi connectivity index (χ1n) is 3.97. The van der Waals surface area contributed by atoms with E-state index in [1.807, 2.05) is 6.92 Å². The molecule has 2 unspecified atom stereocenters. The number of ketones is 1. The van der Waals surface area contributed by atoms with Crippen LogP contribution in [0.5, 0.6) is 0 Å². The Kier molecular flexibility index (Phi) is 2.45. The van der Waals surface area contributed by atoms with E-state index in [4.69, 9.17) is 0 Å². The summed E-state index contributed by atoms with van der Waals surface area (Å²) in [4.78, 5) is 10.9. The SMILES string of the molecule is C=C(C)C1CCC(=O)C(O)C1. The molecule has 0 aliphatic heterocycles. The van der Waals surface area contributed by atoms with Gasteiger partial charge in [-0.25, -0.2) is 0 Å². The van der Waals surface area contributed by atoms with Crippen LogP contribution < -0.4 is 0 Å². The van der Waals surface area contributed by atoms with E-state index in [9.17, 15) is 9.90 Å². The molecule has 0 heterocycles. The fourth-order valence-corrected chi connectivity index (χ4v) is 1.45. The average molecular weight is 154 g/mol. The summed E-state index contributed by atoms with van der Waals surface area (Å²) in [7, 11) is 0. The smallest absolute Gasteiger partial charge is 0.161 e. The average Bonchev–Trinajstić information content (AvgIpc) is 1.94. The standard InChI is InChI=1S/C9H14O2/c1-6(2)7-3-4-8(10)9(11)5-7/h7,9,11H,1,3-5H2,2H3. The Bertz CT molecular complexity index is 184. The van der Waals surface area contributed by atoms with Crippen LogP contribution in [0.4, 0.5) is 0 Å². The Morgan fingerprint density at radius 1 is 1.73 bits per heavy atom. The maximum atomic E-state index is 10.9. The lowest BCUT2D eigenvalue weighted by Gasteiger charge is -2.24. The molecule has 11 heavy (non-hydrogen) atoms. The zero-order chi connectivity index (χ0) is 8.43.